The van der Waals surface area contributed by atoms with Gasteiger partial charge in [0.2, 0.25) is 0 Å². The molecule has 0 aliphatic heterocycles. The van der Waals surface area contributed by atoms with E-state index in [1.807, 2.05) is 0 Å². The van der Waals surface area contributed by atoms with Crippen LogP contribution in [0.3, 0.4) is 0 Å². The van der Waals surface area contributed by atoms with Crippen molar-refractivity contribution in [3.63, 3.8) is 0 Å². The summed E-state index contributed by atoms with van der Waals surface area (Å²) in [7, 11) is 0. The highest BCUT2D eigenvalue weighted by Crippen LogP contribution is 2.25. The second-order valence-corrected chi connectivity index (χ2v) is 7.34. The Hall–Kier alpha value is -2.93. The first-order valence-corrected chi connectivity index (χ1v) is 9.41. The molecule has 0 bridgehead atoms. The van der Waals surface area contributed by atoms with E-state index in [0.29, 0.717) is 29.8 Å². The average molecular weight is 420 g/mol. The zero-order valence-electron chi connectivity index (χ0n) is 16.0. The highest BCUT2D eigenvalue weighted by Gasteiger charge is 2.18. The summed E-state index contributed by atoms with van der Waals surface area (Å²) in [4.78, 5) is 12.2. The van der Waals surface area contributed by atoms with Gasteiger partial charge in [0.25, 0.3) is 5.91 Å². The standard InChI is InChI=1S/C21H20ClF2N3O2/c1-13(2)12-29-18-7-6-15(22)10-14(18)11-27-9-8-19(26-27)25-21(28)20-16(23)4-3-5-17(20)24/h3-10,13H,11-12H2,1-2H3,(H,25,26,28). The Morgan fingerprint density at radius 3 is 2.62 bits per heavy atom. The second-order valence-electron chi connectivity index (χ2n) is 6.91. The number of halogens is 3. The number of amides is 1. The smallest absolute Gasteiger partial charge is 0.262 e. The Bertz CT molecular complexity index is 1000. The number of hydrogen-bond acceptors (Lipinski definition) is 3. The number of nitrogens with one attached hydrogen (secondary N) is 1. The lowest BCUT2D eigenvalue weighted by Crippen LogP contribution is -2.16. The van der Waals surface area contributed by atoms with Crippen molar-refractivity contribution in [2.45, 2.75) is 20.4 Å². The lowest BCUT2D eigenvalue weighted by Gasteiger charge is -2.13. The molecule has 0 saturated carbocycles. The van der Waals surface area contributed by atoms with Crippen LogP contribution >= 0.6 is 11.6 Å². The number of nitrogens with zero attached hydrogens (tertiary/aromatic N) is 2. The third kappa shape index (κ3) is 5.32. The van der Waals surface area contributed by atoms with Crippen LogP contribution in [0.2, 0.25) is 5.02 Å². The normalized spacial score (nSPS) is 11.0. The fraction of sp³-hybridized carbons (Fsp3) is 0.238. The van der Waals surface area contributed by atoms with Gasteiger partial charge in [0.05, 0.1) is 13.2 Å². The van der Waals surface area contributed by atoms with Gasteiger partial charge in [-0.05, 0) is 36.2 Å². The maximum Gasteiger partial charge on any atom is 0.262 e. The largest absolute Gasteiger partial charge is 0.493 e. The summed E-state index contributed by atoms with van der Waals surface area (Å²) in [6.07, 6.45) is 1.64. The van der Waals surface area contributed by atoms with Crippen LogP contribution in [0.5, 0.6) is 5.75 Å². The molecule has 0 fully saturated rings. The number of hydrogen-bond donors (Lipinski definition) is 1. The molecule has 0 atom stereocenters. The fourth-order valence-electron chi connectivity index (χ4n) is 2.65. The van der Waals surface area contributed by atoms with E-state index in [9.17, 15) is 13.6 Å². The zero-order valence-corrected chi connectivity index (χ0v) is 16.7. The van der Waals surface area contributed by atoms with Gasteiger partial charge in [0, 0.05) is 22.8 Å². The Morgan fingerprint density at radius 1 is 1.21 bits per heavy atom. The van der Waals surface area contributed by atoms with E-state index in [2.05, 4.69) is 24.3 Å². The molecule has 1 heterocycles. The number of carbonyl (C=O) groups is 1. The second kappa shape index (κ2) is 9.05. The minimum Gasteiger partial charge on any atom is -0.493 e. The summed E-state index contributed by atoms with van der Waals surface area (Å²) in [6, 6.07) is 10.1. The van der Waals surface area contributed by atoms with E-state index in [4.69, 9.17) is 16.3 Å². The lowest BCUT2D eigenvalue weighted by atomic mass is 10.2. The predicted octanol–water partition coefficient (Wildman–Crippen LogP) is 5.15. The molecule has 0 radical (unpaired) electrons. The van der Waals surface area contributed by atoms with Crippen molar-refractivity contribution in [2.24, 2.45) is 5.92 Å². The van der Waals surface area contributed by atoms with Crippen LogP contribution in [0, 0.1) is 17.6 Å². The number of ether oxygens (including phenoxy) is 1. The Labute approximate surface area is 172 Å². The molecule has 0 aliphatic carbocycles. The topological polar surface area (TPSA) is 56.1 Å². The Kier molecular flexibility index (Phi) is 6.49. The van der Waals surface area contributed by atoms with Crippen molar-refractivity contribution in [1.29, 1.82) is 0 Å². The minimum absolute atomic E-state index is 0.171. The van der Waals surface area contributed by atoms with Gasteiger partial charge in [0.15, 0.2) is 5.82 Å². The molecule has 3 rings (SSSR count). The summed E-state index contributed by atoms with van der Waals surface area (Å²) in [5.74, 6) is -1.55. The molecular formula is C21H20ClF2N3O2. The van der Waals surface area contributed by atoms with Crippen molar-refractivity contribution < 1.29 is 18.3 Å². The van der Waals surface area contributed by atoms with Crippen molar-refractivity contribution in [1.82, 2.24) is 9.78 Å². The maximum absolute atomic E-state index is 13.8. The molecule has 5 nitrogen and oxygen atoms in total. The molecule has 1 aromatic heterocycles. The quantitative estimate of drug-likeness (QED) is 0.576. The Morgan fingerprint density at radius 2 is 1.93 bits per heavy atom. The van der Waals surface area contributed by atoms with E-state index < -0.39 is 23.1 Å². The molecule has 2 aromatic carbocycles. The molecule has 0 unspecified atom stereocenters. The SMILES string of the molecule is CC(C)COc1ccc(Cl)cc1Cn1ccc(NC(=O)c2c(F)cccc2F)n1. The van der Waals surface area contributed by atoms with Gasteiger partial charge in [-0.3, -0.25) is 9.48 Å². The first kappa shape index (κ1) is 20.8. The van der Waals surface area contributed by atoms with Gasteiger partial charge in [-0.15, -0.1) is 0 Å². The van der Waals surface area contributed by atoms with Crippen LogP contribution in [0.25, 0.3) is 0 Å². The fourth-order valence-corrected chi connectivity index (χ4v) is 2.85. The van der Waals surface area contributed by atoms with Crippen molar-refractivity contribution in [3.05, 3.63) is 76.4 Å². The molecule has 3 aromatic rings. The van der Waals surface area contributed by atoms with E-state index >= 15 is 0 Å². The summed E-state index contributed by atoms with van der Waals surface area (Å²) < 4.78 is 34.9. The van der Waals surface area contributed by atoms with Gasteiger partial charge in [-0.1, -0.05) is 31.5 Å². The van der Waals surface area contributed by atoms with E-state index in [1.54, 1.807) is 29.1 Å². The van der Waals surface area contributed by atoms with Crippen molar-refractivity contribution >= 4 is 23.3 Å². The third-order valence-corrected chi connectivity index (χ3v) is 4.23. The van der Waals surface area contributed by atoms with Crippen molar-refractivity contribution in [2.75, 3.05) is 11.9 Å². The predicted molar refractivity (Wildman–Crippen MR) is 107 cm³/mol. The highest BCUT2D eigenvalue weighted by atomic mass is 35.5. The lowest BCUT2D eigenvalue weighted by molar-refractivity contribution is 0.101. The van der Waals surface area contributed by atoms with E-state index in [1.165, 1.54) is 12.1 Å². The molecule has 0 saturated heterocycles. The molecule has 0 aliphatic rings. The summed E-state index contributed by atoms with van der Waals surface area (Å²) in [5, 5.41) is 7.20. The molecule has 8 heteroatoms. The molecule has 152 valence electrons. The molecule has 29 heavy (non-hydrogen) atoms. The minimum atomic E-state index is -0.937. The van der Waals surface area contributed by atoms with Crippen LogP contribution in [-0.2, 0) is 6.54 Å². The maximum atomic E-state index is 13.8. The van der Waals surface area contributed by atoms with Crippen LogP contribution < -0.4 is 10.1 Å². The summed E-state index contributed by atoms with van der Waals surface area (Å²) in [6.45, 7) is 5.01. The first-order valence-electron chi connectivity index (χ1n) is 9.03. The van der Waals surface area contributed by atoms with Gasteiger partial charge < -0.3 is 10.1 Å². The van der Waals surface area contributed by atoms with Gasteiger partial charge >= 0.3 is 0 Å². The zero-order chi connectivity index (χ0) is 21.0. The first-order chi connectivity index (χ1) is 13.8. The highest BCUT2D eigenvalue weighted by molar-refractivity contribution is 6.30. The van der Waals surface area contributed by atoms with Crippen LogP contribution in [0.15, 0.2) is 48.7 Å². The summed E-state index contributed by atoms with van der Waals surface area (Å²) in [5.41, 5.74) is 0.167. The van der Waals surface area contributed by atoms with Crippen LogP contribution in [0.1, 0.15) is 29.8 Å². The number of carbonyl (C=O) groups excluding carboxylic acids is 1. The van der Waals surface area contributed by atoms with Gasteiger partial charge in [-0.25, -0.2) is 8.78 Å². The average Bonchev–Trinajstić information content (AvgIpc) is 3.07. The summed E-state index contributed by atoms with van der Waals surface area (Å²) >= 11 is 6.10. The van der Waals surface area contributed by atoms with Crippen molar-refractivity contribution in [3.8, 4) is 5.75 Å². The number of rotatable bonds is 7. The molecular weight excluding hydrogens is 400 g/mol. The monoisotopic (exact) mass is 419 g/mol. The molecule has 1 N–H and O–H groups in total. The van der Waals surface area contributed by atoms with Crippen LogP contribution in [-0.4, -0.2) is 22.3 Å². The van der Waals surface area contributed by atoms with Gasteiger partial charge in [-0.2, -0.15) is 5.10 Å². The molecule has 0 spiro atoms. The Balaban J connectivity index is 1.74. The van der Waals surface area contributed by atoms with E-state index in [-0.39, 0.29) is 5.82 Å². The number of anilines is 1. The molecule has 1 amide bonds. The van der Waals surface area contributed by atoms with Gasteiger partial charge in [0.1, 0.15) is 22.9 Å². The van der Waals surface area contributed by atoms with Crippen LogP contribution in [0.4, 0.5) is 14.6 Å². The third-order valence-electron chi connectivity index (χ3n) is 4.00. The number of aromatic nitrogens is 2. The van der Waals surface area contributed by atoms with E-state index in [0.717, 1.165) is 17.7 Å². The number of benzene rings is 2.